The Bertz CT molecular complexity index is 1070. The van der Waals surface area contributed by atoms with Crippen LogP contribution < -0.4 is 0 Å². The minimum Gasteiger partial charge on any atom is -0.379 e. The standard InChI is InChI=1S/C26H35N5OS/c1-30-8-6-19(7-9-30)24-17-33-26(29-24)23-16-28-25-22(23)14-20(15-27-25)18-2-4-21(5-3-18)31-10-12-32-13-11-31/h14-19,21H,2-13H2,1H3,(H,27,28)/t18-,21-. The first-order valence-electron chi connectivity index (χ1n) is 12.7. The number of H-pyrrole nitrogens is 1. The van der Waals surface area contributed by atoms with Crippen molar-refractivity contribution in [3.8, 4) is 10.6 Å². The highest BCUT2D eigenvalue weighted by Crippen LogP contribution is 2.38. The van der Waals surface area contributed by atoms with Gasteiger partial charge in [0.05, 0.1) is 18.9 Å². The van der Waals surface area contributed by atoms with Gasteiger partial charge in [-0.15, -0.1) is 11.3 Å². The van der Waals surface area contributed by atoms with E-state index >= 15 is 0 Å². The Morgan fingerprint density at radius 3 is 2.58 bits per heavy atom. The van der Waals surface area contributed by atoms with Crippen LogP contribution in [0.25, 0.3) is 21.6 Å². The van der Waals surface area contributed by atoms with Gasteiger partial charge in [0.1, 0.15) is 10.7 Å². The third kappa shape index (κ3) is 4.48. The molecule has 3 fully saturated rings. The summed E-state index contributed by atoms with van der Waals surface area (Å²) in [6.07, 6.45) is 11.7. The van der Waals surface area contributed by atoms with E-state index in [2.05, 4.69) is 45.7 Å². The van der Waals surface area contributed by atoms with Crippen LogP contribution in [-0.4, -0.2) is 77.2 Å². The minimum absolute atomic E-state index is 0.603. The molecule has 7 heteroatoms. The lowest BCUT2D eigenvalue weighted by Gasteiger charge is -2.38. The number of hydrogen-bond donors (Lipinski definition) is 1. The van der Waals surface area contributed by atoms with Crippen LogP contribution in [0.15, 0.2) is 23.8 Å². The van der Waals surface area contributed by atoms with Crippen molar-refractivity contribution in [2.45, 2.75) is 56.4 Å². The number of rotatable bonds is 4. The zero-order valence-electron chi connectivity index (χ0n) is 19.6. The summed E-state index contributed by atoms with van der Waals surface area (Å²) in [6.45, 7) is 6.34. The number of morpholine rings is 1. The Kier molecular flexibility index (Phi) is 6.22. The maximum absolute atomic E-state index is 5.54. The molecule has 176 valence electrons. The lowest BCUT2D eigenvalue weighted by molar-refractivity contribution is 0.00729. The fraction of sp³-hybridized carbons (Fsp3) is 0.615. The Labute approximate surface area is 200 Å². The molecular formula is C26H35N5OS. The maximum atomic E-state index is 5.54. The van der Waals surface area contributed by atoms with E-state index in [0.717, 1.165) is 43.0 Å². The lowest BCUT2D eigenvalue weighted by Crippen LogP contribution is -2.44. The van der Waals surface area contributed by atoms with Gasteiger partial charge in [-0.1, -0.05) is 0 Å². The van der Waals surface area contributed by atoms with Gasteiger partial charge in [-0.05, 0) is 76.2 Å². The fourth-order valence-electron chi connectivity index (χ4n) is 6.04. The highest BCUT2D eigenvalue weighted by atomic mass is 32.1. The van der Waals surface area contributed by atoms with E-state index in [1.807, 2.05) is 0 Å². The molecule has 2 aliphatic heterocycles. The number of ether oxygens (including phenoxy) is 1. The molecular weight excluding hydrogens is 430 g/mol. The molecule has 0 atom stereocenters. The van der Waals surface area contributed by atoms with Crippen LogP contribution in [0, 0.1) is 0 Å². The van der Waals surface area contributed by atoms with Crippen molar-refractivity contribution in [3.05, 3.63) is 35.1 Å². The molecule has 0 radical (unpaired) electrons. The second kappa shape index (κ2) is 9.45. The summed E-state index contributed by atoms with van der Waals surface area (Å²) in [6, 6.07) is 3.13. The van der Waals surface area contributed by atoms with E-state index in [0.29, 0.717) is 11.8 Å². The monoisotopic (exact) mass is 465 g/mol. The number of piperidine rings is 1. The molecule has 3 aromatic heterocycles. The minimum atomic E-state index is 0.603. The molecule has 2 saturated heterocycles. The Hall–Kier alpha value is -1.80. The van der Waals surface area contributed by atoms with Gasteiger partial charge < -0.3 is 14.6 Å². The van der Waals surface area contributed by atoms with Gasteiger partial charge in [0.2, 0.25) is 0 Å². The van der Waals surface area contributed by atoms with Crippen molar-refractivity contribution in [1.29, 1.82) is 0 Å². The molecule has 3 aromatic rings. The van der Waals surface area contributed by atoms with Crippen molar-refractivity contribution in [1.82, 2.24) is 24.8 Å². The summed E-state index contributed by atoms with van der Waals surface area (Å²) in [7, 11) is 2.22. The molecule has 6 nitrogen and oxygen atoms in total. The van der Waals surface area contributed by atoms with Gasteiger partial charge in [0.25, 0.3) is 0 Å². The van der Waals surface area contributed by atoms with E-state index in [1.165, 1.54) is 73.8 Å². The smallest absolute Gasteiger partial charge is 0.137 e. The second-order valence-corrected chi connectivity index (χ2v) is 11.0. The predicted molar refractivity (Wildman–Crippen MR) is 134 cm³/mol. The number of aromatic amines is 1. The number of nitrogens with one attached hydrogen (secondary N) is 1. The van der Waals surface area contributed by atoms with Crippen LogP contribution in [-0.2, 0) is 4.74 Å². The van der Waals surface area contributed by atoms with E-state index in [1.54, 1.807) is 11.3 Å². The topological polar surface area (TPSA) is 57.3 Å². The molecule has 3 aliphatic rings. The van der Waals surface area contributed by atoms with E-state index in [4.69, 9.17) is 14.7 Å². The van der Waals surface area contributed by atoms with E-state index in [-0.39, 0.29) is 0 Å². The van der Waals surface area contributed by atoms with Crippen LogP contribution in [0.2, 0.25) is 0 Å². The Morgan fingerprint density at radius 1 is 1.00 bits per heavy atom. The van der Waals surface area contributed by atoms with Crippen LogP contribution >= 0.6 is 11.3 Å². The van der Waals surface area contributed by atoms with Crippen molar-refractivity contribution >= 4 is 22.4 Å². The fourth-order valence-corrected chi connectivity index (χ4v) is 6.97. The van der Waals surface area contributed by atoms with Gasteiger partial charge in [-0.3, -0.25) is 4.90 Å². The van der Waals surface area contributed by atoms with E-state index < -0.39 is 0 Å². The van der Waals surface area contributed by atoms with Crippen LogP contribution in [0.1, 0.15) is 61.6 Å². The number of nitrogens with zero attached hydrogens (tertiary/aromatic N) is 4. The number of hydrogen-bond acceptors (Lipinski definition) is 6. The third-order valence-corrected chi connectivity index (χ3v) is 9.07. The Morgan fingerprint density at radius 2 is 1.79 bits per heavy atom. The number of aromatic nitrogens is 3. The van der Waals surface area contributed by atoms with Gasteiger partial charge in [0.15, 0.2) is 0 Å². The normalized spacial score (nSPS) is 26.2. The number of thiazole rings is 1. The second-order valence-electron chi connectivity index (χ2n) is 10.2. The van der Waals surface area contributed by atoms with Gasteiger partial charge >= 0.3 is 0 Å². The van der Waals surface area contributed by atoms with Gasteiger partial charge in [-0.25, -0.2) is 9.97 Å². The number of likely N-dealkylation sites (tertiary alicyclic amines) is 1. The zero-order chi connectivity index (χ0) is 22.2. The summed E-state index contributed by atoms with van der Waals surface area (Å²) in [4.78, 5) is 18.4. The van der Waals surface area contributed by atoms with Gasteiger partial charge in [-0.2, -0.15) is 0 Å². The molecule has 6 rings (SSSR count). The van der Waals surface area contributed by atoms with Crippen molar-refractivity contribution in [2.24, 2.45) is 0 Å². The first-order valence-corrected chi connectivity index (χ1v) is 13.6. The Balaban J connectivity index is 1.18. The lowest BCUT2D eigenvalue weighted by atomic mass is 9.81. The largest absolute Gasteiger partial charge is 0.379 e. The molecule has 0 amide bonds. The summed E-state index contributed by atoms with van der Waals surface area (Å²) >= 11 is 1.79. The van der Waals surface area contributed by atoms with Crippen LogP contribution in [0.5, 0.6) is 0 Å². The van der Waals surface area contributed by atoms with Gasteiger partial charge in [0, 0.05) is 53.8 Å². The molecule has 1 N–H and O–H groups in total. The van der Waals surface area contributed by atoms with Crippen molar-refractivity contribution in [3.63, 3.8) is 0 Å². The summed E-state index contributed by atoms with van der Waals surface area (Å²) < 4.78 is 5.54. The highest BCUT2D eigenvalue weighted by molar-refractivity contribution is 7.13. The quantitative estimate of drug-likeness (QED) is 0.597. The molecule has 0 bridgehead atoms. The average Bonchev–Trinajstić information content (AvgIpc) is 3.52. The summed E-state index contributed by atoms with van der Waals surface area (Å²) in [5.74, 6) is 1.22. The molecule has 5 heterocycles. The first-order chi connectivity index (χ1) is 16.2. The first kappa shape index (κ1) is 21.7. The zero-order valence-corrected chi connectivity index (χ0v) is 20.4. The van der Waals surface area contributed by atoms with E-state index in [9.17, 15) is 0 Å². The van der Waals surface area contributed by atoms with Crippen LogP contribution in [0.3, 0.4) is 0 Å². The SMILES string of the molecule is CN1CCC(c2csc(-c3c[nH]c4ncc([C@H]5CC[C@H](N6CCOCC6)CC5)cc34)n2)CC1. The van der Waals surface area contributed by atoms with Crippen LogP contribution in [0.4, 0.5) is 0 Å². The average molecular weight is 466 g/mol. The molecule has 1 saturated carbocycles. The molecule has 33 heavy (non-hydrogen) atoms. The number of pyridine rings is 1. The highest BCUT2D eigenvalue weighted by Gasteiger charge is 2.28. The molecule has 1 aliphatic carbocycles. The third-order valence-electron chi connectivity index (χ3n) is 8.17. The molecule has 0 unspecified atom stereocenters. The van der Waals surface area contributed by atoms with Crippen molar-refractivity contribution in [2.75, 3.05) is 46.4 Å². The predicted octanol–water partition coefficient (Wildman–Crippen LogP) is 4.85. The van der Waals surface area contributed by atoms with Crippen molar-refractivity contribution < 1.29 is 4.74 Å². The maximum Gasteiger partial charge on any atom is 0.137 e. The number of fused-ring (bicyclic) bond motifs is 1. The molecule has 0 spiro atoms. The summed E-state index contributed by atoms with van der Waals surface area (Å²) in [5.41, 5.74) is 4.87. The summed E-state index contributed by atoms with van der Waals surface area (Å²) in [5, 5.41) is 4.64. The molecule has 0 aromatic carbocycles.